The molecule has 0 fully saturated rings. The van der Waals surface area contributed by atoms with Gasteiger partial charge in [0.25, 0.3) is 10.0 Å². The van der Waals surface area contributed by atoms with Crippen LogP contribution in [0.25, 0.3) is 0 Å². The van der Waals surface area contributed by atoms with E-state index in [4.69, 9.17) is 16.0 Å². The minimum Gasteiger partial charge on any atom is -0.447 e. The highest BCUT2D eigenvalue weighted by Gasteiger charge is 2.37. The van der Waals surface area contributed by atoms with Crippen molar-refractivity contribution < 1.29 is 12.8 Å². The van der Waals surface area contributed by atoms with Crippen LogP contribution in [0.4, 0.5) is 5.69 Å². The van der Waals surface area contributed by atoms with Gasteiger partial charge in [0.05, 0.1) is 11.6 Å². The molecule has 0 radical (unpaired) electrons. The van der Waals surface area contributed by atoms with Crippen LogP contribution >= 0.6 is 11.6 Å². The molecule has 1 aliphatic rings. The lowest BCUT2D eigenvalue weighted by Crippen LogP contribution is -2.35. The standard InChI is InChI=1S/C14H14ClNO3S/c1-10-8-11-4-2-3-5-13(11)16(10)20(17,18)14-7-6-12(9-15)19-14/h2-7,10H,8-9H2,1H3. The van der Waals surface area contributed by atoms with E-state index in [2.05, 4.69) is 0 Å². The van der Waals surface area contributed by atoms with Crippen molar-refractivity contribution in [2.24, 2.45) is 0 Å². The number of benzene rings is 1. The van der Waals surface area contributed by atoms with E-state index >= 15 is 0 Å². The molecule has 1 aromatic carbocycles. The molecular formula is C14H14ClNO3S. The monoisotopic (exact) mass is 311 g/mol. The summed E-state index contributed by atoms with van der Waals surface area (Å²) in [6, 6.07) is 10.5. The van der Waals surface area contributed by atoms with Gasteiger partial charge in [-0.25, -0.2) is 0 Å². The lowest BCUT2D eigenvalue weighted by molar-refractivity contribution is 0.423. The maximum atomic E-state index is 12.7. The van der Waals surface area contributed by atoms with Crippen molar-refractivity contribution >= 4 is 27.3 Å². The Hall–Kier alpha value is -1.46. The topological polar surface area (TPSA) is 50.5 Å². The predicted octanol–water partition coefficient (Wildman–Crippen LogP) is 3.16. The fourth-order valence-corrected chi connectivity index (χ4v) is 4.34. The number of halogens is 1. The van der Waals surface area contributed by atoms with Gasteiger partial charge in [0.1, 0.15) is 5.76 Å². The van der Waals surface area contributed by atoms with Crippen LogP contribution in [0.2, 0.25) is 0 Å². The summed E-state index contributed by atoms with van der Waals surface area (Å²) in [4.78, 5) is 0. The van der Waals surface area contributed by atoms with Crippen LogP contribution in [0.5, 0.6) is 0 Å². The number of hydrogen-bond acceptors (Lipinski definition) is 3. The number of hydrogen-bond donors (Lipinski definition) is 0. The zero-order valence-electron chi connectivity index (χ0n) is 10.9. The SMILES string of the molecule is CC1Cc2ccccc2N1S(=O)(=O)c1ccc(CCl)o1. The quantitative estimate of drug-likeness (QED) is 0.818. The van der Waals surface area contributed by atoms with Crippen LogP contribution in [0.1, 0.15) is 18.2 Å². The molecule has 1 atom stereocenters. The third-order valence-corrected chi connectivity index (χ3v) is 5.49. The van der Waals surface area contributed by atoms with Crippen molar-refractivity contribution in [2.75, 3.05) is 4.31 Å². The largest absolute Gasteiger partial charge is 0.447 e. The zero-order chi connectivity index (χ0) is 14.3. The van der Waals surface area contributed by atoms with Crippen molar-refractivity contribution in [3.05, 3.63) is 47.7 Å². The molecule has 0 saturated carbocycles. The first-order valence-electron chi connectivity index (χ1n) is 6.31. The molecule has 0 saturated heterocycles. The zero-order valence-corrected chi connectivity index (χ0v) is 12.5. The van der Waals surface area contributed by atoms with Gasteiger partial charge in [-0.05, 0) is 37.1 Å². The second kappa shape index (κ2) is 4.82. The molecule has 1 aliphatic heterocycles. The van der Waals surface area contributed by atoms with Gasteiger partial charge in [-0.3, -0.25) is 4.31 Å². The van der Waals surface area contributed by atoms with E-state index < -0.39 is 10.0 Å². The Kier molecular flexibility index (Phi) is 3.26. The number of nitrogens with zero attached hydrogens (tertiary/aromatic N) is 1. The first kappa shape index (κ1) is 13.5. The number of anilines is 1. The Morgan fingerprint density at radius 2 is 2.05 bits per heavy atom. The fourth-order valence-electron chi connectivity index (χ4n) is 2.57. The lowest BCUT2D eigenvalue weighted by Gasteiger charge is -2.22. The molecule has 0 N–H and O–H groups in total. The molecule has 2 heterocycles. The smallest absolute Gasteiger partial charge is 0.298 e. The van der Waals surface area contributed by atoms with Crippen LogP contribution < -0.4 is 4.31 Å². The number of furan rings is 1. The second-order valence-electron chi connectivity index (χ2n) is 4.84. The average Bonchev–Trinajstić information content (AvgIpc) is 3.01. The summed E-state index contributed by atoms with van der Waals surface area (Å²) in [5.74, 6) is 0.604. The van der Waals surface area contributed by atoms with Crippen molar-refractivity contribution in [1.29, 1.82) is 0 Å². The molecule has 6 heteroatoms. The normalized spacial score (nSPS) is 18.3. The summed E-state index contributed by atoms with van der Waals surface area (Å²) < 4.78 is 32.2. The van der Waals surface area contributed by atoms with Crippen molar-refractivity contribution in [2.45, 2.75) is 30.4 Å². The molecule has 2 aromatic rings. The number of rotatable bonds is 3. The van der Waals surface area contributed by atoms with Gasteiger partial charge in [0, 0.05) is 6.04 Å². The van der Waals surface area contributed by atoms with Gasteiger partial charge in [0.15, 0.2) is 0 Å². The van der Waals surface area contributed by atoms with Crippen LogP contribution in [-0.4, -0.2) is 14.5 Å². The van der Waals surface area contributed by atoms with Gasteiger partial charge in [-0.1, -0.05) is 18.2 Å². The Bertz CT molecular complexity index is 738. The van der Waals surface area contributed by atoms with Crippen molar-refractivity contribution in [1.82, 2.24) is 0 Å². The van der Waals surface area contributed by atoms with Crippen LogP contribution in [0.15, 0.2) is 45.9 Å². The first-order chi connectivity index (χ1) is 9.54. The van der Waals surface area contributed by atoms with Crippen molar-refractivity contribution in [3.63, 3.8) is 0 Å². The van der Waals surface area contributed by atoms with Gasteiger partial charge < -0.3 is 4.42 Å². The molecule has 1 aromatic heterocycles. The summed E-state index contributed by atoms with van der Waals surface area (Å²) in [6.07, 6.45) is 0.707. The summed E-state index contributed by atoms with van der Waals surface area (Å²) >= 11 is 5.66. The predicted molar refractivity (Wildman–Crippen MR) is 77.5 cm³/mol. The summed E-state index contributed by atoms with van der Waals surface area (Å²) in [5.41, 5.74) is 1.76. The molecule has 20 heavy (non-hydrogen) atoms. The van der Waals surface area contributed by atoms with E-state index in [1.54, 1.807) is 6.07 Å². The van der Waals surface area contributed by atoms with Crippen LogP contribution in [-0.2, 0) is 22.3 Å². The molecule has 0 bridgehead atoms. The van der Waals surface area contributed by atoms with Gasteiger partial charge in [-0.15, -0.1) is 11.6 Å². The number of fused-ring (bicyclic) bond motifs is 1. The summed E-state index contributed by atoms with van der Waals surface area (Å²) in [5, 5.41) is -0.0586. The average molecular weight is 312 g/mol. The van der Waals surface area contributed by atoms with E-state index in [9.17, 15) is 8.42 Å². The Morgan fingerprint density at radius 1 is 1.30 bits per heavy atom. The van der Waals surface area contributed by atoms with Gasteiger partial charge >= 0.3 is 0 Å². The van der Waals surface area contributed by atoms with Crippen molar-refractivity contribution in [3.8, 4) is 0 Å². The van der Waals surface area contributed by atoms with E-state index in [1.165, 1.54) is 10.4 Å². The minimum absolute atomic E-state index is 0.0586. The molecule has 4 nitrogen and oxygen atoms in total. The fraction of sp³-hybridized carbons (Fsp3) is 0.286. The highest BCUT2D eigenvalue weighted by atomic mass is 35.5. The molecule has 106 valence electrons. The second-order valence-corrected chi connectivity index (χ2v) is 6.85. The highest BCUT2D eigenvalue weighted by molar-refractivity contribution is 7.92. The minimum atomic E-state index is -3.68. The third-order valence-electron chi connectivity index (χ3n) is 3.43. The lowest BCUT2D eigenvalue weighted by atomic mass is 10.1. The van der Waals surface area contributed by atoms with E-state index in [0.717, 1.165) is 11.3 Å². The van der Waals surface area contributed by atoms with Gasteiger partial charge in [0.2, 0.25) is 5.09 Å². The van der Waals surface area contributed by atoms with E-state index in [0.29, 0.717) is 12.2 Å². The number of alkyl halides is 1. The molecule has 0 aliphatic carbocycles. The molecule has 1 unspecified atom stereocenters. The Labute approximate surface area is 123 Å². The number of para-hydroxylation sites is 1. The maximum Gasteiger partial charge on any atom is 0.298 e. The van der Waals surface area contributed by atoms with Gasteiger partial charge in [-0.2, -0.15) is 8.42 Å². The van der Waals surface area contributed by atoms with Crippen LogP contribution in [0, 0.1) is 0 Å². The van der Waals surface area contributed by atoms with E-state index in [-0.39, 0.29) is 17.0 Å². The molecule has 0 spiro atoms. The summed E-state index contributed by atoms with van der Waals surface area (Å²) in [7, 11) is -3.68. The number of sulfonamides is 1. The summed E-state index contributed by atoms with van der Waals surface area (Å²) in [6.45, 7) is 1.89. The third kappa shape index (κ3) is 2.01. The maximum absolute atomic E-state index is 12.7. The van der Waals surface area contributed by atoms with Crippen LogP contribution in [0.3, 0.4) is 0 Å². The Morgan fingerprint density at radius 3 is 2.75 bits per heavy atom. The molecule has 0 amide bonds. The first-order valence-corrected chi connectivity index (χ1v) is 8.28. The van der Waals surface area contributed by atoms with E-state index in [1.807, 2.05) is 31.2 Å². The highest BCUT2D eigenvalue weighted by Crippen LogP contribution is 2.36. The Balaban J connectivity index is 2.07. The molecular weight excluding hydrogens is 298 g/mol. The molecule has 3 rings (SSSR count).